The second-order valence-electron chi connectivity index (χ2n) is 4.78. The molecule has 5 nitrogen and oxygen atoms in total. The first kappa shape index (κ1) is 13.9. The Kier molecular flexibility index (Phi) is 3.87. The average molecular weight is 294 g/mol. The Hall–Kier alpha value is -3.08. The van der Waals surface area contributed by atoms with Crippen LogP contribution in [-0.2, 0) is 6.61 Å². The maximum Gasteiger partial charge on any atom is 0.325 e. The molecule has 0 atom stereocenters. The van der Waals surface area contributed by atoms with Crippen LogP contribution in [0.5, 0.6) is 5.75 Å². The largest absolute Gasteiger partial charge is 0.489 e. The number of hydrogen-bond acceptors (Lipinski definition) is 3. The molecule has 110 valence electrons. The summed E-state index contributed by atoms with van der Waals surface area (Å²) in [5.41, 5.74) is 1.28. The lowest BCUT2D eigenvalue weighted by Crippen LogP contribution is -2.22. The topological polar surface area (TPSA) is 75.0 Å². The third kappa shape index (κ3) is 3.15. The highest BCUT2D eigenvalue weighted by Crippen LogP contribution is 2.19. The zero-order chi connectivity index (χ0) is 15.4. The van der Waals surface area contributed by atoms with E-state index in [-0.39, 0.29) is 0 Å². The molecule has 0 saturated heterocycles. The minimum Gasteiger partial charge on any atom is -0.489 e. The number of H-pyrrole nitrogens is 2. The molecule has 3 aromatic rings. The normalized spacial score (nSPS) is 10.4. The number of rotatable bonds is 4. The van der Waals surface area contributed by atoms with Gasteiger partial charge in [-0.25, -0.2) is 4.79 Å². The minimum absolute atomic E-state index is 0.411. The molecule has 0 aliphatic carbocycles. The molecule has 0 aliphatic rings. The molecule has 2 aromatic carbocycles. The van der Waals surface area contributed by atoms with Crippen molar-refractivity contribution in [3.8, 4) is 16.9 Å². The Bertz CT molecular complexity index is 865. The van der Waals surface area contributed by atoms with E-state index in [2.05, 4.69) is 9.97 Å². The Labute approximate surface area is 126 Å². The first-order valence-electron chi connectivity index (χ1n) is 6.81. The van der Waals surface area contributed by atoms with E-state index in [1.54, 1.807) is 24.3 Å². The summed E-state index contributed by atoms with van der Waals surface area (Å²) in [6.07, 6.45) is 1.40. The highest BCUT2D eigenvalue weighted by molar-refractivity contribution is 5.62. The second kappa shape index (κ2) is 6.13. The van der Waals surface area contributed by atoms with Gasteiger partial charge in [0.15, 0.2) is 0 Å². The Morgan fingerprint density at radius 2 is 1.64 bits per heavy atom. The van der Waals surface area contributed by atoms with Gasteiger partial charge in [0, 0.05) is 6.20 Å². The Balaban J connectivity index is 1.75. The summed E-state index contributed by atoms with van der Waals surface area (Å²) in [4.78, 5) is 27.4. The van der Waals surface area contributed by atoms with Gasteiger partial charge in [-0.1, -0.05) is 42.5 Å². The third-order valence-electron chi connectivity index (χ3n) is 3.23. The fourth-order valence-corrected chi connectivity index (χ4v) is 2.10. The van der Waals surface area contributed by atoms with Crippen LogP contribution < -0.4 is 16.0 Å². The van der Waals surface area contributed by atoms with Crippen LogP contribution >= 0.6 is 0 Å². The van der Waals surface area contributed by atoms with Crippen molar-refractivity contribution in [3.63, 3.8) is 0 Å². The molecular formula is C17H14N2O3. The number of nitrogens with one attached hydrogen (secondary N) is 2. The predicted molar refractivity (Wildman–Crippen MR) is 83.9 cm³/mol. The van der Waals surface area contributed by atoms with E-state index < -0.39 is 11.2 Å². The smallest absolute Gasteiger partial charge is 0.325 e. The fraction of sp³-hybridized carbons (Fsp3) is 0.0588. The van der Waals surface area contributed by atoms with E-state index in [4.69, 9.17) is 4.74 Å². The molecule has 22 heavy (non-hydrogen) atoms. The molecule has 0 saturated carbocycles. The van der Waals surface area contributed by atoms with E-state index in [0.29, 0.717) is 23.5 Å². The van der Waals surface area contributed by atoms with Crippen LogP contribution in [-0.4, -0.2) is 9.97 Å². The monoisotopic (exact) mass is 294 g/mol. The van der Waals surface area contributed by atoms with Crippen molar-refractivity contribution in [2.24, 2.45) is 0 Å². The van der Waals surface area contributed by atoms with Gasteiger partial charge in [-0.05, 0) is 23.3 Å². The minimum atomic E-state index is -0.517. The molecule has 1 aromatic heterocycles. The van der Waals surface area contributed by atoms with Gasteiger partial charge in [-0.3, -0.25) is 9.78 Å². The quantitative estimate of drug-likeness (QED) is 0.775. The van der Waals surface area contributed by atoms with Crippen molar-refractivity contribution in [3.05, 3.63) is 87.2 Å². The number of hydrogen-bond donors (Lipinski definition) is 2. The van der Waals surface area contributed by atoms with Gasteiger partial charge in [0.2, 0.25) is 0 Å². The standard InChI is InChI=1S/C17H14N2O3/c20-16-15(10-18-17(21)19-16)13-6-8-14(9-7-13)22-11-12-4-2-1-3-5-12/h1-10H,11H2,(H2,18,19,20,21). The van der Waals surface area contributed by atoms with Crippen molar-refractivity contribution in [1.29, 1.82) is 0 Å². The van der Waals surface area contributed by atoms with Gasteiger partial charge in [0.25, 0.3) is 5.56 Å². The van der Waals surface area contributed by atoms with Gasteiger partial charge in [0.05, 0.1) is 5.56 Å². The van der Waals surface area contributed by atoms with Gasteiger partial charge >= 0.3 is 5.69 Å². The molecule has 0 unspecified atom stereocenters. The second-order valence-corrected chi connectivity index (χ2v) is 4.78. The summed E-state index contributed by atoms with van der Waals surface area (Å²) in [5, 5.41) is 0. The average Bonchev–Trinajstić information content (AvgIpc) is 2.55. The SMILES string of the molecule is O=c1[nH]cc(-c2ccc(OCc3ccccc3)cc2)c(=O)[nH]1. The fourth-order valence-electron chi connectivity index (χ4n) is 2.10. The molecule has 0 amide bonds. The molecule has 0 spiro atoms. The maximum absolute atomic E-state index is 11.7. The molecular weight excluding hydrogens is 280 g/mol. The van der Waals surface area contributed by atoms with Crippen LogP contribution in [0.2, 0.25) is 0 Å². The highest BCUT2D eigenvalue weighted by atomic mass is 16.5. The van der Waals surface area contributed by atoms with Crippen molar-refractivity contribution < 1.29 is 4.74 Å². The van der Waals surface area contributed by atoms with Gasteiger partial charge < -0.3 is 9.72 Å². The van der Waals surface area contributed by atoms with E-state index in [0.717, 1.165) is 5.56 Å². The molecule has 1 heterocycles. The van der Waals surface area contributed by atoms with Crippen LogP contribution in [0, 0.1) is 0 Å². The van der Waals surface area contributed by atoms with Crippen LogP contribution in [0.3, 0.4) is 0 Å². The van der Waals surface area contributed by atoms with E-state index in [1.807, 2.05) is 30.3 Å². The molecule has 0 fully saturated rings. The van der Waals surface area contributed by atoms with Crippen LogP contribution in [0.15, 0.2) is 70.4 Å². The summed E-state index contributed by atoms with van der Waals surface area (Å²) >= 11 is 0. The lowest BCUT2D eigenvalue weighted by molar-refractivity contribution is 0.306. The van der Waals surface area contributed by atoms with Crippen LogP contribution in [0.1, 0.15) is 5.56 Å². The molecule has 3 rings (SSSR count). The van der Waals surface area contributed by atoms with Crippen LogP contribution in [0.4, 0.5) is 0 Å². The van der Waals surface area contributed by atoms with E-state index >= 15 is 0 Å². The van der Waals surface area contributed by atoms with Crippen LogP contribution in [0.25, 0.3) is 11.1 Å². The lowest BCUT2D eigenvalue weighted by Gasteiger charge is -2.07. The first-order valence-corrected chi connectivity index (χ1v) is 6.81. The lowest BCUT2D eigenvalue weighted by atomic mass is 10.1. The maximum atomic E-state index is 11.7. The highest BCUT2D eigenvalue weighted by Gasteiger charge is 2.04. The molecule has 2 N–H and O–H groups in total. The number of ether oxygens (including phenoxy) is 1. The third-order valence-corrected chi connectivity index (χ3v) is 3.23. The molecule has 5 heteroatoms. The summed E-state index contributed by atoms with van der Waals surface area (Å²) in [5.74, 6) is 0.716. The summed E-state index contributed by atoms with van der Waals surface area (Å²) in [6.45, 7) is 0.486. The number of aromatic nitrogens is 2. The van der Waals surface area contributed by atoms with Crippen molar-refractivity contribution in [2.45, 2.75) is 6.61 Å². The van der Waals surface area contributed by atoms with Gasteiger partial charge in [-0.15, -0.1) is 0 Å². The van der Waals surface area contributed by atoms with Gasteiger partial charge in [0.1, 0.15) is 12.4 Å². The Morgan fingerprint density at radius 1 is 0.909 bits per heavy atom. The molecule has 0 bridgehead atoms. The number of benzene rings is 2. The summed E-state index contributed by atoms with van der Waals surface area (Å²) in [7, 11) is 0. The summed E-state index contributed by atoms with van der Waals surface area (Å²) < 4.78 is 5.69. The van der Waals surface area contributed by atoms with Crippen molar-refractivity contribution in [1.82, 2.24) is 9.97 Å². The van der Waals surface area contributed by atoms with Gasteiger partial charge in [-0.2, -0.15) is 0 Å². The zero-order valence-electron chi connectivity index (χ0n) is 11.7. The van der Waals surface area contributed by atoms with Crippen molar-refractivity contribution in [2.75, 3.05) is 0 Å². The molecule has 0 radical (unpaired) electrons. The van der Waals surface area contributed by atoms with E-state index in [9.17, 15) is 9.59 Å². The van der Waals surface area contributed by atoms with Crippen molar-refractivity contribution >= 4 is 0 Å². The van der Waals surface area contributed by atoms with E-state index in [1.165, 1.54) is 6.20 Å². The summed E-state index contributed by atoms with van der Waals surface area (Å²) in [6, 6.07) is 17.0. The first-order chi connectivity index (χ1) is 10.7. The number of aromatic amines is 2. The Morgan fingerprint density at radius 3 is 2.32 bits per heavy atom. The molecule has 0 aliphatic heterocycles. The predicted octanol–water partition coefficient (Wildman–Crippen LogP) is 2.31. The zero-order valence-corrected chi connectivity index (χ0v) is 11.7.